The maximum absolute atomic E-state index is 6.05. The first-order valence-electron chi connectivity index (χ1n) is 6.78. The van der Waals surface area contributed by atoms with Gasteiger partial charge >= 0.3 is 0 Å². The normalized spacial score (nSPS) is 19.2. The first kappa shape index (κ1) is 14.7. The van der Waals surface area contributed by atoms with Gasteiger partial charge in [-0.1, -0.05) is 0 Å². The van der Waals surface area contributed by atoms with E-state index >= 15 is 0 Å². The van der Waals surface area contributed by atoms with Crippen LogP contribution >= 0.6 is 11.8 Å². The Morgan fingerprint density at radius 1 is 1.42 bits per heavy atom. The number of hydrogen-bond acceptors (Lipinski definition) is 5. The van der Waals surface area contributed by atoms with Crippen molar-refractivity contribution < 1.29 is 4.74 Å². The molecular weight excluding hydrogens is 260 g/mol. The van der Waals surface area contributed by atoms with Crippen molar-refractivity contribution in [2.45, 2.75) is 19.4 Å². The van der Waals surface area contributed by atoms with Crippen molar-refractivity contribution in [3.8, 4) is 5.88 Å². The largest absolute Gasteiger partial charge is 0.481 e. The molecule has 0 aliphatic carbocycles. The third-order valence-electron chi connectivity index (χ3n) is 3.66. The molecule has 1 aliphatic heterocycles. The Balaban J connectivity index is 2.30. The second kappa shape index (κ2) is 6.63. The van der Waals surface area contributed by atoms with Crippen LogP contribution in [0.1, 0.15) is 23.7 Å². The topological polar surface area (TPSA) is 56.3 Å². The number of ether oxygens (including phenoxy) is 1. The van der Waals surface area contributed by atoms with E-state index in [9.17, 15) is 0 Å². The van der Waals surface area contributed by atoms with Gasteiger partial charge in [0.15, 0.2) is 0 Å². The average molecular weight is 284 g/mol. The van der Waals surface area contributed by atoms with E-state index in [1.54, 1.807) is 11.8 Å². The zero-order chi connectivity index (χ0) is 13.8. The van der Waals surface area contributed by atoms with E-state index in [-0.39, 0.29) is 6.04 Å². The third kappa shape index (κ3) is 3.07. The summed E-state index contributed by atoms with van der Waals surface area (Å²) in [5, 5.41) is 4.47. The smallest absolute Gasteiger partial charge is 0.216 e. The summed E-state index contributed by atoms with van der Waals surface area (Å²) in [6.45, 7) is 4.83. The molecule has 0 spiro atoms. The van der Waals surface area contributed by atoms with Gasteiger partial charge in [0.1, 0.15) is 0 Å². The molecule has 6 heteroatoms. The molecule has 1 aromatic rings. The predicted octanol–water partition coefficient (Wildman–Crippen LogP) is 1.18. The van der Waals surface area contributed by atoms with E-state index in [0.717, 1.165) is 30.2 Å². The van der Waals surface area contributed by atoms with Crippen LogP contribution in [-0.4, -0.2) is 52.9 Å². The second-order valence-electron chi connectivity index (χ2n) is 4.89. The fourth-order valence-corrected chi connectivity index (χ4v) is 3.71. The van der Waals surface area contributed by atoms with Gasteiger partial charge in [0, 0.05) is 25.9 Å². The molecule has 0 aromatic carbocycles. The number of hydrogen-bond donors (Lipinski definition) is 1. The highest BCUT2D eigenvalue weighted by atomic mass is 32.2. The van der Waals surface area contributed by atoms with Gasteiger partial charge < -0.3 is 10.5 Å². The molecule has 0 radical (unpaired) electrons. The van der Waals surface area contributed by atoms with Gasteiger partial charge in [-0.15, -0.1) is 0 Å². The van der Waals surface area contributed by atoms with Crippen LogP contribution in [0.2, 0.25) is 0 Å². The van der Waals surface area contributed by atoms with Crippen molar-refractivity contribution in [3.05, 3.63) is 11.3 Å². The van der Waals surface area contributed by atoms with E-state index in [2.05, 4.69) is 10.00 Å². The van der Waals surface area contributed by atoms with Crippen LogP contribution < -0.4 is 10.5 Å². The molecular formula is C13H24N4OS. The highest BCUT2D eigenvalue weighted by Crippen LogP contribution is 2.32. The first-order valence-corrected chi connectivity index (χ1v) is 7.93. The summed E-state index contributed by atoms with van der Waals surface area (Å²) < 4.78 is 7.32. The molecule has 1 aliphatic rings. The zero-order valence-corrected chi connectivity index (χ0v) is 12.9. The summed E-state index contributed by atoms with van der Waals surface area (Å²) in [7, 11) is 3.62. The summed E-state index contributed by atoms with van der Waals surface area (Å²) in [5.74, 6) is 3.26. The fraction of sp³-hybridized carbons (Fsp3) is 0.769. The van der Waals surface area contributed by atoms with Crippen LogP contribution in [0.3, 0.4) is 0 Å². The Morgan fingerprint density at radius 3 is 2.89 bits per heavy atom. The summed E-state index contributed by atoms with van der Waals surface area (Å²) in [4.78, 5) is 2.48. The molecule has 1 fully saturated rings. The quantitative estimate of drug-likeness (QED) is 0.899. The minimum atomic E-state index is 0.211. The summed E-state index contributed by atoms with van der Waals surface area (Å²) in [6, 6.07) is 0.211. The van der Waals surface area contributed by atoms with Crippen molar-refractivity contribution in [3.63, 3.8) is 0 Å². The Hall–Kier alpha value is -0.720. The van der Waals surface area contributed by atoms with E-state index in [1.165, 1.54) is 17.9 Å². The number of aryl methyl sites for hydroxylation is 2. The van der Waals surface area contributed by atoms with Crippen LogP contribution in [0.15, 0.2) is 0 Å². The Kier molecular flexibility index (Phi) is 5.13. The standard InChI is InChI=1S/C13H24N4OS/c1-10-12(13(18-3)16(2)15-10)11(9-14)17-5-4-7-19-8-6-17/h11H,4-9,14H2,1-3H3. The summed E-state index contributed by atoms with van der Waals surface area (Å²) >= 11 is 2.03. The summed E-state index contributed by atoms with van der Waals surface area (Å²) in [6.07, 6.45) is 1.22. The lowest BCUT2D eigenvalue weighted by atomic mass is 10.1. The van der Waals surface area contributed by atoms with Crippen LogP contribution in [-0.2, 0) is 7.05 Å². The van der Waals surface area contributed by atoms with Crippen molar-refractivity contribution in [1.29, 1.82) is 0 Å². The van der Waals surface area contributed by atoms with Crippen LogP contribution in [0.4, 0.5) is 0 Å². The van der Waals surface area contributed by atoms with Gasteiger partial charge in [-0.2, -0.15) is 16.9 Å². The SMILES string of the molecule is COc1c(C(CN)N2CCCSCC2)c(C)nn1C. The van der Waals surface area contributed by atoms with Crippen LogP contribution in [0.25, 0.3) is 0 Å². The molecule has 2 rings (SSSR count). The Morgan fingerprint density at radius 2 is 2.21 bits per heavy atom. The molecule has 2 N–H and O–H groups in total. The number of methoxy groups -OCH3 is 1. The fourth-order valence-electron chi connectivity index (χ4n) is 2.81. The van der Waals surface area contributed by atoms with Gasteiger partial charge in [0.25, 0.3) is 0 Å². The number of nitrogens with two attached hydrogens (primary N) is 1. The van der Waals surface area contributed by atoms with Crippen molar-refractivity contribution in [2.75, 3.05) is 38.2 Å². The molecule has 1 aromatic heterocycles. The predicted molar refractivity (Wildman–Crippen MR) is 79.8 cm³/mol. The zero-order valence-electron chi connectivity index (χ0n) is 12.1. The van der Waals surface area contributed by atoms with Gasteiger partial charge in [-0.05, 0) is 25.6 Å². The average Bonchev–Trinajstić information content (AvgIpc) is 2.61. The van der Waals surface area contributed by atoms with Crippen molar-refractivity contribution in [1.82, 2.24) is 14.7 Å². The lowest BCUT2D eigenvalue weighted by Crippen LogP contribution is -2.35. The molecule has 0 saturated carbocycles. The van der Waals surface area contributed by atoms with Crippen LogP contribution in [0.5, 0.6) is 5.88 Å². The van der Waals surface area contributed by atoms with Gasteiger partial charge in [0.2, 0.25) is 5.88 Å². The molecule has 0 amide bonds. The number of rotatable bonds is 4. The molecule has 1 saturated heterocycles. The number of thioether (sulfide) groups is 1. The van der Waals surface area contributed by atoms with E-state index in [0.29, 0.717) is 6.54 Å². The second-order valence-corrected chi connectivity index (χ2v) is 6.11. The van der Waals surface area contributed by atoms with Gasteiger partial charge in [-0.25, -0.2) is 4.68 Å². The van der Waals surface area contributed by atoms with Gasteiger partial charge in [-0.3, -0.25) is 4.90 Å². The minimum absolute atomic E-state index is 0.211. The Bertz CT molecular complexity index is 413. The number of nitrogens with zero attached hydrogens (tertiary/aromatic N) is 3. The maximum atomic E-state index is 6.05. The minimum Gasteiger partial charge on any atom is -0.481 e. The maximum Gasteiger partial charge on any atom is 0.216 e. The van der Waals surface area contributed by atoms with E-state index < -0.39 is 0 Å². The number of aromatic nitrogens is 2. The molecule has 1 unspecified atom stereocenters. The highest BCUT2D eigenvalue weighted by molar-refractivity contribution is 7.99. The van der Waals surface area contributed by atoms with E-state index in [4.69, 9.17) is 10.5 Å². The molecule has 19 heavy (non-hydrogen) atoms. The van der Waals surface area contributed by atoms with Crippen LogP contribution in [0, 0.1) is 6.92 Å². The molecule has 2 heterocycles. The lowest BCUT2D eigenvalue weighted by molar-refractivity contribution is 0.212. The van der Waals surface area contributed by atoms with Gasteiger partial charge in [0.05, 0.1) is 24.4 Å². The highest BCUT2D eigenvalue weighted by Gasteiger charge is 2.27. The van der Waals surface area contributed by atoms with E-state index in [1.807, 2.05) is 25.7 Å². The van der Waals surface area contributed by atoms with Crippen molar-refractivity contribution >= 4 is 11.8 Å². The molecule has 0 bridgehead atoms. The monoisotopic (exact) mass is 284 g/mol. The molecule has 1 atom stereocenters. The first-order chi connectivity index (χ1) is 9.19. The summed E-state index contributed by atoms with van der Waals surface area (Å²) in [5.41, 5.74) is 8.22. The Labute approximate surface area is 119 Å². The third-order valence-corrected chi connectivity index (χ3v) is 4.71. The molecule has 108 valence electrons. The lowest BCUT2D eigenvalue weighted by Gasteiger charge is -2.29. The molecule has 5 nitrogen and oxygen atoms in total. The van der Waals surface area contributed by atoms with Crippen molar-refractivity contribution in [2.24, 2.45) is 12.8 Å².